The van der Waals surface area contributed by atoms with Crippen molar-refractivity contribution in [1.29, 1.82) is 0 Å². The first-order valence-corrected chi connectivity index (χ1v) is 5.90. The number of nitrogens with zero attached hydrogens (tertiary/aromatic N) is 2. The van der Waals surface area contributed by atoms with Gasteiger partial charge in [0.1, 0.15) is 0 Å². The molecule has 1 fully saturated rings. The van der Waals surface area contributed by atoms with Gasteiger partial charge in [-0.15, -0.1) is 0 Å². The van der Waals surface area contributed by atoms with Gasteiger partial charge in [0.15, 0.2) is 0 Å². The van der Waals surface area contributed by atoms with Gasteiger partial charge in [0.05, 0.1) is 0 Å². The van der Waals surface area contributed by atoms with E-state index in [0.29, 0.717) is 10.4 Å². The topological polar surface area (TPSA) is 6.48 Å². The van der Waals surface area contributed by atoms with Crippen molar-refractivity contribution in [1.82, 2.24) is 9.80 Å². The van der Waals surface area contributed by atoms with Crippen LogP contribution in [-0.2, 0) is 0 Å². The number of hydrogen-bond donors (Lipinski definition) is 0. The maximum atomic E-state index is 3.75. The van der Waals surface area contributed by atoms with E-state index in [-0.39, 0.29) is 0 Å². The molecule has 13 heavy (non-hydrogen) atoms. The fraction of sp³-hybridized carbons (Fsp3) is 1.00. The predicted octanol–water partition coefficient (Wildman–Crippen LogP) is 1.80. The molecule has 1 unspecified atom stereocenters. The van der Waals surface area contributed by atoms with Crippen molar-refractivity contribution in [2.45, 2.75) is 30.6 Å². The van der Waals surface area contributed by atoms with Gasteiger partial charge in [-0.05, 0) is 40.9 Å². The number of hydrogen-bond acceptors (Lipinski definition) is 2. The number of likely N-dealkylation sites (N-methyl/N-ethyl adjacent to an activating group) is 1. The molecule has 0 radical (unpaired) electrons. The summed E-state index contributed by atoms with van der Waals surface area (Å²) in [4.78, 5) is 5.48. The van der Waals surface area contributed by atoms with Crippen LogP contribution in [0.3, 0.4) is 0 Å². The molecule has 0 amide bonds. The molecule has 1 aliphatic rings. The first-order chi connectivity index (χ1) is 5.94. The van der Waals surface area contributed by atoms with Gasteiger partial charge in [-0.3, -0.25) is 4.90 Å². The van der Waals surface area contributed by atoms with Crippen molar-refractivity contribution in [3.05, 3.63) is 0 Å². The summed E-state index contributed by atoms with van der Waals surface area (Å²) in [6.45, 7) is 8.23. The molecule has 0 aromatic rings. The Balaban J connectivity index is 2.43. The van der Waals surface area contributed by atoms with Crippen LogP contribution in [0.15, 0.2) is 0 Å². The minimum Gasteiger partial charge on any atom is -0.308 e. The highest BCUT2D eigenvalue weighted by Crippen LogP contribution is 2.33. The van der Waals surface area contributed by atoms with Crippen LogP contribution in [0.2, 0.25) is 0 Å². The molecular formula is C10H21BrN2. The Bertz CT molecular complexity index is 168. The standard InChI is InChI=1S/C10H21BrN2/c1-10(2)9(11)5-6-13(10)8-7-12(3)4/h9H,5-8H2,1-4H3. The Hall–Kier alpha value is 0.400. The summed E-state index contributed by atoms with van der Waals surface area (Å²) in [6, 6.07) is 0. The van der Waals surface area contributed by atoms with Crippen molar-refractivity contribution in [3.63, 3.8) is 0 Å². The lowest BCUT2D eigenvalue weighted by Crippen LogP contribution is -2.45. The summed E-state index contributed by atoms with van der Waals surface area (Å²) in [5, 5.41) is 0. The van der Waals surface area contributed by atoms with E-state index < -0.39 is 0 Å². The molecule has 0 bridgehead atoms. The van der Waals surface area contributed by atoms with Crippen molar-refractivity contribution in [2.24, 2.45) is 0 Å². The van der Waals surface area contributed by atoms with Gasteiger partial charge >= 0.3 is 0 Å². The van der Waals surface area contributed by atoms with Gasteiger partial charge < -0.3 is 4.90 Å². The quantitative estimate of drug-likeness (QED) is 0.704. The van der Waals surface area contributed by atoms with Crippen molar-refractivity contribution in [3.8, 4) is 0 Å². The fourth-order valence-corrected chi connectivity index (χ4v) is 2.32. The summed E-state index contributed by atoms with van der Waals surface area (Å²) < 4.78 is 0. The van der Waals surface area contributed by atoms with Crippen molar-refractivity contribution >= 4 is 15.9 Å². The molecule has 3 heteroatoms. The largest absolute Gasteiger partial charge is 0.308 e. The summed E-state index contributed by atoms with van der Waals surface area (Å²) in [5.74, 6) is 0. The van der Waals surface area contributed by atoms with Crippen LogP contribution in [0.25, 0.3) is 0 Å². The Labute approximate surface area is 90.4 Å². The average molecular weight is 249 g/mol. The van der Waals surface area contributed by atoms with Gasteiger partial charge in [0.2, 0.25) is 0 Å². The maximum Gasteiger partial charge on any atom is 0.0336 e. The Morgan fingerprint density at radius 3 is 2.46 bits per heavy atom. The van der Waals surface area contributed by atoms with Gasteiger partial charge in [-0.1, -0.05) is 15.9 Å². The van der Waals surface area contributed by atoms with E-state index in [4.69, 9.17) is 0 Å². The number of halogens is 1. The third-order valence-corrected chi connectivity index (χ3v) is 4.63. The molecular weight excluding hydrogens is 228 g/mol. The SMILES string of the molecule is CN(C)CCN1CCC(Br)C1(C)C. The minimum absolute atomic E-state index is 0.329. The van der Waals surface area contributed by atoms with Gasteiger partial charge in [-0.25, -0.2) is 0 Å². The highest BCUT2D eigenvalue weighted by molar-refractivity contribution is 9.09. The van der Waals surface area contributed by atoms with Crippen LogP contribution in [0.1, 0.15) is 20.3 Å². The van der Waals surface area contributed by atoms with Crippen LogP contribution in [0.5, 0.6) is 0 Å². The second-order valence-corrected chi connectivity index (χ2v) is 5.81. The summed E-state index contributed by atoms with van der Waals surface area (Å²) >= 11 is 3.75. The molecule has 0 aliphatic carbocycles. The van der Waals surface area contributed by atoms with E-state index in [9.17, 15) is 0 Å². The van der Waals surface area contributed by atoms with Crippen LogP contribution in [0, 0.1) is 0 Å². The zero-order chi connectivity index (χ0) is 10.1. The van der Waals surface area contributed by atoms with E-state index in [1.54, 1.807) is 0 Å². The monoisotopic (exact) mass is 248 g/mol. The Morgan fingerprint density at radius 1 is 1.46 bits per heavy atom. The van der Waals surface area contributed by atoms with Crippen LogP contribution in [0.4, 0.5) is 0 Å². The zero-order valence-corrected chi connectivity index (χ0v) is 10.8. The minimum atomic E-state index is 0.329. The number of likely N-dealkylation sites (tertiary alicyclic amines) is 1. The first kappa shape index (κ1) is 11.5. The second kappa shape index (κ2) is 4.28. The molecule has 1 saturated heterocycles. The molecule has 2 nitrogen and oxygen atoms in total. The third-order valence-electron chi connectivity index (χ3n) is 3.05. The molecule has 1 heterocycles. The molecule has 1 aliphatic heterocycles. The smallest absolute Gasteiger partial charge is 0.0336 e. The molecule has 0 N–H and O–H groups in total. The van der Waals surface area contributed by atoms with E-state index in [1.165, 1.54) is 19.5 Å². The molecule has 1 rings (SSSR count). The average Bonchev–Trinajstić information content (AvgIpc) is 2.25. The Kier molecular flexibility index (Phi) is 3.78. The van der Waals surface area contributed by atoms with E-state index >= 15 is 0 Å². The number of alkyl halides is 1. The maximum absolute atomic E-state index is 3.75. The molecule has 0 aromatic heterocycles. The van der Waals surface area contributed by atoms with E-state index in [0.717, 1.165) is 6.54 Å². The molecule has 1 atom stereocenters. The van der Waals surface area contributed by atoms with Crippen LogP contribution < -0.4 is 0 Å². The van der Waals surface area contributed by atoms with Crippen molar-refractivity contribution < 1.29 is 0 Å². The summed E-state index contributed by atoms with van der Waals surface area (Å²) in [5.41, 5.74) is 0.329. The van der Waals surface area contributed by atoms with E-state index in [2.05, 4.69) is 53.7 Å². The predicted molar refractivity (Wildman–Crippen MR) is 61.5 cm³/mol. The second-order valence-electron chi connectivity index (χ2n) is 4.70. The summed E-state index contributed by atoms with van der Waals surface area (Å²) in [6.07, 6.45) is 1.28. The fourth-order valence-electron chi connectivity index (χ4n) is 1.83. The zero-order valence-electron chi connectivity index (χ0n) is 9.18. The van der Waals surface area contributed by atoms with Crippen molar-refractivity contribution in [2.75, 3.05) is 33.7 Å². The van der Waals surface area contributed by atoms with Gasteiger partial charge in [0, 0.05) is 23.5 Å². The lowest BCUT2D eigenvalue weighted by molar-refractivity contribution is 0.164. The lowest BCUT2D eigenvalue weighted by Gasteiger charge is -2.34. The summed E-state index contributed by atoms with van der Waals surface area (Å²) in [7, 11) is 4.27. The van der Waals surface area contributed by atoms with Gasteiger partial charge in [0.25, 0.3) is 0 Å². The number of rotatable bonds is 3. The Morgan fingerprint density at radius 2 is 2.08 bits per heavy atom. The highest BCUT2D eigenvalue weighted by Gasteiger charge is 2.38. The molecule has 0 saturated carbocycles. The van der Waals surface area contributed by atoms with Crippen LogP contribution >= 0.6 is 15.9 Å². The van der Waals surface area contributed by atoms with Crippen LogP contribution in [-0.4, -0.2) is 53.9 Å². The molecule has 0 spiro atoms. The molecule has 78 valence electrons. The molecule has 0 aromatic carbocycles. The van der Waals surface area contributed by atoms with E-state index in [1.807, 2.05) is 0 Å². The third kappa shape index (κ3) is 2.67. The highest BCUT2D eigenvalue weighted by atomic mass is 79.9. The lowest BCUT2D eigenvalue weighted by atomic mass is 10.0. The normalized spacial score (nSPS) is 28.6. The van der Waals surface area contributed by atoms with Gasteiger partial charge in [-0.2, -0.15) is 0 Å². The first-order valence-electron chi connectivity index (χ1n) is 4.98.